The number of aliphatic carboxylic acids is 1. The highest BCUT2D eigenvalue weighted by Gasteiger charge is 2.72. The predicted molar refractivity (Wildman–Crippen MR) is 220 cm³/mol. The molecular weight excluding hydrogens is 717 g/mol. The molecule has 2 N–H and O–H groups in total. The molecule has 57 heavy (non-hydrogen) atoms. The van der Waals surface area contributed by atoms with Gasteiger partial charge in [0.1, 0.15) is 12.9 Å². The van der Waals surface area contributed by atoms with E-state index >= 15 is 0 Å². The smallest absolute Gasteiger partial charge is 0.376 e. The first-order valence-electron chi connectivity index (χ1n) is 21.7. The fraction of sp³-hybridized carbons (Fsp3) is 0.745. The van der Waals surface area contributed by atoms with Crippen LogP contribution in [0.5, 0.6) is 0 Å². The van der Waals surface area contributed by atoms with Crippen molar-refractivity contribution in [2.45, 2.75) is 132 Å². The second kappa shape index (κ2) is 14.9. The van der Waals surface area contributed by atoms with Crippen molar-refractivity contribution in [3.05, 3.63) is 59.7 Å². The van der Waals surface area contributed by atoms with Gasteiger partial charge in [-0.1, -0.05) is 104 Å². The minimum Gasteiger partial charge on any atom is -0.481 e. The molecule has 0 spiro atoms. The monoisotopic (exact) mass is 787 g/mol. The molecule has 1 aromatic heterocycles. The first kappa shape index (κ1) is 42.1. The highest BCUT2D eigenvalue weighted by molar-refractivity contribution is 5.85. The maximum Gasteiger partial charge on any atom is 0.376 e. The van der Waals surface area contributed by atoms with Gasteiger partial charge in [0.05, 0.1) is 37.9 Å². The van der Waals surface area contributed by atoms with Crippen LogP contribution in [0.25, 0.3) is 0 Å². The van der Waals surface area contributed by atoms with Crippen LogP contribution in [0.4, 0.5) is 0 Å². The van der Waals surface area contributed by atoms with E-state index in [9.17, 15) is 14.7 Å². The van der Waals surface area contributed by atoms with E-state index in [4.69, 9.17) is 19.3 Å². The van der Waals surface area contributed by atoms with E-state index in [2.05, 4.69) is 85.6 Å². The van der Waals surface area contributed by atoms with Gasteiger partial charge in [-0.2, -0.15) is 5.10 Å². The van der Waals surface area contributed by atoms with E-state index in [1.54, 1.807) is 0 Å². The highest BCUT2D eigenvalue weighted by atomic mass is 16.5. The molecule has 5 aliphatic rings. The highest BCUT2D eigenvalue weighted by Crippen LogP contribution is 2.75. The molecule has 1 unspecified atom stereocenters. The molecule has 10 nitrogen and oxygen atoms in total. The van der Waals surface area contributed by atoms with Crippen LogP contribution in [0.3, 0.4) is 0 Å². The zero-order chi connectivity index (χ0) is 41.3. The largest absolute Gasteiger partial charge is 0.481 e. The molecule has 1 aromatic carbocycles. The molecule has 10 heteroatoms. The van der Waals surface area contributed by atoms with Gasteiger partial charge in [0, 0.05) is 16.4 Å². The Kier molecular flexibility index (Phi) is 11.0. The lowest BCUT2D eigenvalue weighted by molar-refractivity contribution is -0.253. The number of hydrogen-bond acceptors (Lipinski definition) is 8. The summed E-state index contributed by atoms with van der Waals surface area (Å²) < 4.78 is 21.7. The lowest BCUT2D eigenvalue weighted by atomic mass is 9.34. The first-order chi connectivity index (χ1) is 26.8. The Morgan fingerprint density at radius 2 is 1.75 bits per heavy atom. The number of hydrogen-bond donors (Lipinski definition) is 2. The molecule has 1 saturated heterocycles. The number of benzene rings is 1. The summed E-state index contributed by atoms with van der Waals surface area (Å²) in [6, 6.07) is 9.37. The molecule has 2 bridgehead atoms. The second-order valence-electron chi connectivity index (χ2n) is 20.8. The number of carbonyl (C=O) groups is 2. The summed E-state index contributed by atoms with van der Waals surface area (Å²) in [6.45, 7) is 24.5. The molecule has 0 radical (unpaired) electrons. The number of rotatable bonds is 12. The molecule has 12 atom stereocenters. The number of aromatic nitrogens is 3. The maximum absolute atomic E-state index is 13.9. The van der Waals surface area contributed by atoms with Gasteiger partial charge >= 0.3 is 11.9 Å². The molecule has 0 amide bonds. The molecule has 4 fully saturated rings. The van der Waals surface area contributed by atoms with Crippen molar-refractivity contribution in [3.63, 3.8) is 0 Å². The average molecular weight is 787 g/mol. The Morgan fingerprint density at radius 1 is 1.04 bits per heavy atom. The SMILES string of the molecule is CN[C@@](C)(CO[C@H]1[C@H](n2ncnc2C(=O)OCc2ccccc2)CC23COC[C@@]1(C)[C@@H]2CC[C@H]1C3=CC[C@@]2(C)[C@H](C(=O)O)[C@@](C)([C@H](C)C(C)C)CC[C@]12C)C(C)C. The Bertz CT molecular complexity index is 1840. The number of esters is 1. The van der Waals surface area contributed by atoms with Crippen LogP contribution in [-0.4, -0.2) is 70.3 Å². The lowest BCUT2D eigenvalue weighted by Gasteiger charge is -2.71. The third kappa shape index (κ3) is 6.36. The number of allylic oxidation sites excluding steroid dienone is 1. The number of carbonyl (C=O) groups excluding carboxylic acids is 1. The third-order valence-electron chi connectivity index (χ3n) is 17.8. The van der Waals surface area contributed by atoms with Gasteiger partial charge in [-0.15, -0.1) is 0 Å². The lowest BCUT2D eigenvalue weighted by Crippen LogP contribution is -2.69. The average Bonchev–Trinajstić information content (AvgIpc) is 3.66. The molecule has 7 rings (SSSR count). The van der Waals surface area contributed by atoms with Crippen LogP contribution in [0.2, 0.25) is 0 Å². The number of carboxylic acid groups (broad SMARTS) is 1. The number of likely N-dealkylation sites (N-methyl/N-ethyl adjacent to an activating group) is 1. The Morgan fingerprint density at radius 3 is 2.40 bits per heavy atom. The Hall–Kier alpha value is -3.08. The van der Waals surface area contributed by atoms with Crippen molar-refractivity contribution in [1.82, 2.24) is 20.1 Å². The Labute approximate surface area is 341 Å². The van der Waals surface area contributed by atoms with Gasteiger partial charge in [0.2, 0.25) is 5.82 Å². The minimum atomic E-state index is -0.652. The van der Waals surface area contributed by atoms with Crippen molar-refractivity contribution in [3.8, 4) is 0 Å². The number of fused-ring (bicyclic) bond motifs is 3. The van der Waals surface area contributed by atoms with Gasteiger partial charge in [-0.3, -0.25) is 4.79 Å². The van der Waals surface area contributed by atoms with Gasteiger partial charge < -0.3 is 24.6 Å². The van der Waals surface area contributed by atoms with E-state index < -0.39 is 28.7 Å². The zero-order valence-electron chi connectivity index (χ0n) is 36.6. The van der Waals surface area contributed by atoms with E-state index in [-0.39, 0.29) is 64.1 Å². The van der Waals surface area contributed by atoms with Crippen LogP contribution in [0.15, 0.2) is 48.3 Å². The number of nitrogens with zero attached hydrogens (tertiary/aromatic N) is 3. The summed E-state index contributed by atoms with van der Waals surface area (Å²) in [4.78, 5) is 32.1. The molecule has 4 aliphatic carbocycles. The van der Waals surface area contributed by atoms with Crippen molar-refractivity contribution < 1.29 is 28.9 Å². The van der Waals surface area contributed by atoms with Crippen LogP contribution < -0.4 is 5.32 Å². The molecular formula is C47H70N4O6. The predicted octanol–water partition coefficient (Wildman–Crippen LogP) is 8.78. The number of nitrogens with one attached hydrogen (secondary N) is 1. The van der Waals surface area contributed by atoms with Gasteiger partial charge in [-0.05, 0) is 104 Å². The Balaban J connectivity index is 1.31. The number of ether oxygens (including phenoxy) is 3. The van der Waals surface area contributed by atoms with Crippen molar-refractivity contribution in [2.24, 2.45) is 62.6 Å². The quantitative estimate of drug-likeness (QED) is 0.161. The summed E-state index contributed by atoms with van der Waals surface area (Å²) in [5, 5.41) is 19.5. The topological polar surface area (TPSA) is 125 Å². The normalized spacial score (nSPS) is 39.0. The number of carboxylic acids is 1. The fourth-order valence-electron chi connectivity index (χ4n) is 13.3. The van der Waals surface area contributed by atoms with Gasteiger partial charge in [-0.25, -0.2) is 14.5 Å². The van der Waals surface area contributed by atoms with Crippen molar-refractivity contribution >= 4 is 11.9 Å². The van der Waals surface area contributed by atoms with Crippen LogP contribution >= 0.6 is 0 Å². The summed E-state index contributed by atoms with van der Waals surface area (Å²) >= 11 is 0. The van der Waals surface area contributed by atoms with E-state index in [1.165, 1.54) is 11.9 Å². The zero-order valence-corrected chi connectivity index (χ0v) is 36.6. The first-order valence-corrected chi connectivity index (χ1v) is 21.7. The summed E-state index contributed by atoms with van der Waals surface area (Å²) in [5.74, 6) is 0.0375. The van der Waals surface area contributed by atoms with Crippen molar-refractivity contribution in [1.29, 1.82) is 0 Å². The molecule has 3 saturated carbocycles. The molecule has 1 aliphatic heterocycles. The van der Waals surface area contributed by atoms with E-state index in [0.29, 0.717) is 38.1 Å². The van der Waals surface area contributed by atoms with Crippen LogP contribution in [0, 0.1) is 62.6 Å². The summed E-state index contributed by atoms with van der Waals surface area (Å²) in [6.07, 6.45) is 8.94. The minimum absolute atomic E-state index is 0.141. The summed E-state index contributed by atoms with van der Waals surface area (Å²) in [5.41, 5.74) is 0.389. The fourth-order valence-corrected chi connectivity index (χ4v) is 13.3. The third-order valence-corrected chi connectivity index (χ3v) is 17.8. The van der Waals surface area contributed by atoms with Gasteiger partial charge in [0.25, 0.3) is 0 Å². The van der Waals surface area contributed by atoms with E-state index in [0.717, 1.165) is 37.7 Å². The van der Waals surface area contributed by atoms with Gasteiger partial charge in [0.15, 0.2) is 0 Å². The summed E-state index contributed by atoms with van der Waals surface area (Å²) in [7, 11) is 1.99. The maximum atomic E-state index is 13.9. The molecule has 2 heterocycles. The molecule has 2 aromatic rings. The standard InChI is InChI=1S/C47H70N4O6/c1-29(2)31(5)42(6)21-22-44(8)33-17-18-36-43(7)25-55-27-47(36,34(33)19-20-45(44,9)37(42)40(52)53)23-35(38(43)57-26-46(10,48-11)30(3)4)51-39(49-28-50-51)41(54)56-24-32-15-13-12-14-16-32/h12-16,19,28-31,33,35-38,48H,17-18,20-27H2,1-11H3,(H,52,53)/t31-,33+,35-,36+,37-,38+,42-,43+,44-,45+,46+,47?/m1/s1. The van der Waals surface area contributed by atoms with Crippen molar-refractivity contribution in [2.75, 3.05) is 26.9 Å². The molecule has 314 valence electrons. The van der Waals surface area contributed by atoms with E-state index in [1.807, 2.05) is 42.1 Å². The van der Waals surface area contributed by atoms with Crippen LogP contribution in [-0.2, 0) is 25.6 Å². The van der Waals surface area contributed by atoms with Crippen LogP contribution in [0.1, 0.15) is 130 Å². The second-order valence-corrected chi connectivity index (χ2v) is 20.8.